The summed E-state index contributed by atoms with van der Waals surface area (Å²) in [5.41, 5.74) is 1.87. The molecule has 0 saturated carbocycles. The fraction of sp³-hybridized carbons (Fsp3) is 0.364. The molecule has 18 heavy (non-hydrogen) atoms. The van der Waals surface area contributed by atoms with E-state index in [0.717, 1.165) is 16.0 Å². The highest BCUT2D eigenvalue weighted by Crippen LogP contribution is 2.24. The second-order valence-electron chi connectivity index (χ2n) is 3.99. The Balaban J connectivity index is 1.99. The van der Waals surface area contributed by atoms with Crippen LogP contribution in [0.25, 0.3) is 0 Å². The van der Waals surface area contributed by atoms with E-state index in [0.29, 0.717) is 17.2 Å². The van der Waals surface area contributed by atoms with Gasteiger partial charge in [0.25, 0.3) is 0 Å². The van der Waals surface area contributed by atoms with Gasteiger partial charge in [-0.25, -0.2) is 13.1 Å². The maximum Gasteiger partial charge on any atom is 0.250 e. The lowest BCUT2D eigenvalue weighted by Crippen LogP contribution is -2.25. The predicted octanol–water partition coefficient (Wildman–Crippen LogP) is 1.87. The number of thiophene rings is 1. The Morgan fingerprint density at radius 2 is 2.22 bits per heavy atom. The number of aryl methyl sites for hydroxylation is 2. The monoisotopic (exact) mass is 286 g/mol. The Hall–Kier alpha value is -1.18. The molecule has 0 aliphatic rings. The van der Waals surface area contributed by atoms with Crippen molar-refractivity contribution in [1.82, 2.24) is 9.88 Å². The predicted molar refractivity (Wildman–Crippen MR) is 69.2 cm³/mol. The number of nitrogens with zero attached hydrogens (tertiary/aromatic N) is 1. The summed E-state index contributed by atoms with van der Waals surface area (Å²) < 4.78 is 31.6. The zero-order valence-electron chi connectivity index (χ0n) is 10.1. The molecule has 2 aromatic rings. The molecule has 5 nitrogen and oxygen atoms in total. The Morgan fingerprint density at radius 3 is 2.78 bits per heavy atom. The first-order chi connectivity index (χ1) is 8.49. The van der Waals surface area contributed by atoms with E-state index in [-0.39, 0.29) is 0 Å². The van der Waals surface area contributed by atoms with Gasteiger partial charge in [0.1, 0.15) is 10.5 Å². The summed E-state index contributed by atoms with van der Waals surface area (Å²) in [6.45, 7) is 4.15. The Kier molecular flexibility index (Phi) is 3.84. The van der Waals surface area contributed by atoms with Crippen molar-refractivity contribution in [3.05, 3.63) is 34.5 Å². The smallest absolute Gasteiger partial charge is 0.250 e. The summed E-state index contributed by atoms with van der Waals surface area (Å²) in [5.74, 6) is 0. The van der Waals surface area contributed by atoms with Crippen LogP contribution in [0.3, 0.4) is 0 Å². The van der Waals surface area contributed by atoms with Gasteiger partial charge in [0.15, 0.2) is 0 Å². The number of sulfonamides is 1. The average molecular weight is 286 g/mol. The van der Waals surface area contributed by atoms with Crippen molar-refractivity contribution in [1.29, 1.82) is 0 Å². The van der Waals surface area contributed by atoms with Gasteiger partial charge in [-0.3, -0.25) is 0 Å². The average Bonchev–Trinajstić information content (AvgIpc) is 2.90. The Bertz CT molecular complexity index is 595. The van der Waals surface area contributed by atoms with Gasteiger partial charge in [-0.15, -0.1) is 11.3 Å². The van der Waals surface area contributed by atoms with Crippen molar-refractivity contribution in [2.24, 2.45) is 0 Å². The van der Waals surface area contributed by atoms with Crippen molar-refractivity contribution < 1.29 is 12.9 Å². The maximum atomic E-state index is 12.0. The lowest BCUT2D eigenvalue weighted by atomic mass is 10.3. The van der Waals surface area contributed by atoms with Crippen LogP contribution in [0, 0.1) is 13.8 Å². The topological polar surface area (TPSA) is 72.2 Å². The van der Waals surface area contributed by atoms with E-state index < -0.39 is 10.0 Å². The van der Waals surface area contributed by atoms with Crippen LogP contribution in [0.15, 0.2) is 27.3 Å². The molecule has 7 heteroatoms. The summed E-state index contributed by atoms with van der Waals surface area (Å²) in [5, 5.41) is 3.56. The minimum atomic E-state index is -3.40. The first-order valence-corrected chi connectivity index (χ1v) is 7.74. The van der Waals surface area contributed by atoms with Crippen LogP contribution in [-0.2, 0) is 16.4 Å². The minimum absolute atomic E-state index is 0.333. The Morgan fingerprint density at radius 1 is 1.44 bits per heavy atom. The van der Waals surface area contributed by atoms with Gasteiger partial charge in [-0.05, 0) is 31.9 Å². The van der Waals surface area contributed by atoms with Gasteiger partial charge in [0.05, 0.1) is 6.20 Å². The van der Waals surface area contributed by atoms with Crippen LogP contribution >= 0.6 is 11.3 Å². The van der Waals surface area contributed by atoms with Gasteiger partial charge >= 0.3 is 0 Å². The first-order valence-electron chi connectivity index (χ1n) is 5.44. The summed E-state index contributed by atoms with van der Waals surface area (Å²) >= 11 is 1.29. The van der Waals surface area contributed by atoms with Crippen molar-refractivity contribution in [3.8, 4) is 0 Å². The van der Waals surface area contributed by atoms with Gasteiger partial charge in [-0.1, -0.05) is 5.16 Å². The quantitative estimate of drug-likeness (QED) is 0.911. The molecule has 0 spiro atoms. The van der Waals surface area contributed by atoms with E-state index in [1.165, 1.54) is 17.6 Å². The molecule has 2 heterocycles. The number of nitrogens with one attached hydrogen (secondary N) is 1. The van der Waals surface area contributed by atoms with Crippen LogP contribution in [0.4, 0.5) is 0 Å². The molecule has 0 bridgehead atoms. The van der Waals surface area contributed by atoms with E-state index >= 15 is 0 Å². The molecule has 0 saturated heterocycles. The third-order valence-electron chi connectivity index (χ3n) is 2.60. The second-order valence-corrected chi connectivity index (χ2v) is 7.24. The lowest BCUT2D eigenvalue weighted by Gasteiger charge is -2.02. The van der Waals surface area contributed by atoms with E-state index in [4.69, 9.17) is 0 Å². The number of rotatable bonds is 5. The van der Waals surface area contributed by atoms with Gasteiger partial charge < -0.3 is 4.52 Å². The van der Waals surface area contributed by atoms with Gasteiger partial charge in [0, 0.05) is 17.0 Å². The third kappa shape index (κ3) is 2.98. The number of aromatic nitrogens is 1. The Labute approximate surface area is 110 Å². The highest BCUT2D eigenvalue weighted by atomic mass is 32.2. The molecule has 0 atom stereocenters. The molecule has 0 aliphatic carbocycles. The summed E-state index contributed by atoms with van der Waals surface area (Å²) in [4.78, 5) is 1.02. The van der Waals surface area contributed by atoms with E-state index in [2.05, 4.69) is 14.4 Å². The van der Waals surface area contributed by atoms with Crippen molar-refractivity contribution in [3.63, 3.8) is 0 Å². The van der Waals surface area contributed by atoms with Crippen molar-refractivity contribution >= 4 is 21.4 Å². The van der Waals surface area contributed by atoms with E-state index in [1.807, 2.05) is 13.8 Å². The van der Waals surface area contributed by atoms with Crippen LogP contribution in [-0.4, -0.2) is 20.1 Å². The summed E-state index contributed by atoms with van der Waals surface area (Å²) in [6, 6.07) is 1.70. The zero-order valence-corrected chi connectivity index (χ0v) is 11.8. The normalized spacial score (nSPS) is 11.9. The highest BCUT2D eigenvalue weighted by molar-refractivity contribution is 7.91. The van der Waals surface area contributed by atoms with Crippen LogP contribution in [0.2, 0.25) is 0 Å². The molecule has 0 unspecified atom stereocenters. The van der Waals surface area contributed by atoms with Gasteiger partial charge in [-0.2, -0.15) is 0 Å². The molecular weight excluding hydrogens is 272 g/mol. The summed E-state index contributed by atoms with van der Waals surface area (Å²) in [7, 11) is -3.40. The van der Waals surface area contributed by atoms with Crippen molar-refractivity contribution in [2.45, 2.75) is 24.5 Å². The molecule has 1 N–H and O–H groups in total. The zero-order chi connectivity index (χ0) is 13.2. The molecule has 0 radical (unpaired) electrons. The largest absolute Gasteiger partial charge is 0.364 e. The van der Waals surface area contributed by atoms with E-state index in [9.17, 15) is 8.42 Å². The third-order valence-corrected chi connectivity index (χ3v) is 5.68. The lowest BCUT2D eigenvalue weighted by molar-refractivity contribution is 0.419. The molecule has 0 aromatic carbocycles. The van der Waals surface area contributed by atoms with E-state index in [1.54, 1.807) is 12.3 Å². The molecule has 2 aromatic heterocycles. The van der Waals surface area contributed by atoms with Crippen LogP contribution in [0.5, 0.6) is 0 Å². The molecule has 2 rings (SSSR count). The summed E-state index contributed by atoms with van der Waals surface area (Å²) in [6.07, 6.45) is 3.65. The maximum absolute atomic E-state index is 12.0. The minimum Gasteiger partial charge on any atom is -0.364 e. The van der Waals surface area contributed by atoms with Crippen LogP contribution in [0.1, 0.15) is 16.0 Å². The number of hydrogen-bond acceptors (Lipinski definition) is 5. The molecule has 98 valence electrons. The standard InChI is InChI=1S/C11H14N2O3S2/c1-8-5-11(17-9(8)2)18(14,15)13-4-3-10-6-12-16-7-10/h5-7,13H,3-4H2,1-2H3. The van der Waals surface area contributed by atoms with Crippen molar-refractivity contribution in [2.75, 3.05) is 6.54 Å². The second kappa shape index (κ2) is 5.21. The SMILES string of the molecule is Cc1cc(S(=O)(=O)NCCc2cnoc2)sc1C. The molecule has 0 aliphatic heterocycles. The molecule has 0 fully saturated rings. The fourth-order valence-corrected chi connectivity index (χ4v) is 4.02. The van der Waals surface area contributed by atoms with Gasteiger partial charge in [0.2, 0.25) is 10.0 Å². The molecule has 0 amide bonds. The fourth-order valence-electron chi connectivity index (χ4n) is 1.42. The van der Waals surface area contributed by atoms with Crippen LogP contribution < -0.4 is 4.72 Å². The highest BCUT2D eigenvalue weighted by Gasteiger charge is 2.17. The number of hydrogen-bond donors (Lipinski definition) is 1. The first kappa shape index (κ1) is 13.3. The molecular formula is C11H14N2O3S2.